The average Bonchev–Trinajstić information content (AvgIpc) is 2.42. The zero-order valence-electron chi connectivity index (χ0n) is 10.9. The molecule has 1 heterocycles. The summed E-state index contributed by atoms with van der Waals surface area (Å²) in [4.78, 5) is 0. The molecule has 2 rings (SSSR count). The van der Waals surface area contributed by atoms with E-state index in [0.717, 1.165) is 37.9 Å². The Bertz CT molecular complexity index is 405. The molecule has 0 amide bonds. The molecule has 1 aromatic rings. The second-order valence-corrected chi connectivity index (χ2v) is 6.03. The van der Waals surface area contributed by atoms with Gasteiger partial charge in [0.05, 0.1) is 16.7 Å². The van der Waals surface area contributed by atoms with Gasteiger partial charge in [-0.3, -0.25) is 0 Å². The summed E-state index contributed by atoms with van der Waals surface area (Å²) in [6.07, 6.45) is 5.61. The van der Waals surface area contributed by atoms with Gasteiger partial charge in [-0.05, 0) is 72.2 Å². The molecule has 1 saturated heterocycles. The number of aliphatic hydroxyl groups is 1. The molecule has 1 aliphatic rings. The van der Waals surface area contributed by atoms with Gasteiger partial charge in [0.25, 0.3) is 0 Å². The van der Waals surface area contributed by atoms with Crippen LogP contribution in [0.4, 0.5) is 4.39 Å². The van der Waals surface area contributed by atoms with Gasteiger partial charge < -0.3 is 9.84 Å². The van der Waals surface area contributed by atoms with E-state index in [4.69, 9.17) is 4.74 Å². The predicted octanol–water partition coefficient (Wildman–Crippen LogP) is 3.84. The monoisotopic (exact) mass is 330 g/mol. The SMILES string of the molecule is OC(CCC1CCCCO1)Cc1ccc(F)c(Br)c1. The minimum absolute atomic E-state index is 0.270. The zero-order chi connectivity index (χ0) is 13.7. The quantitative estimate of drug-likeness (QED) is 0.888. The summed E-state index contributed by atoms with van der Waals surface area (Å²) in [5, 5.41) is 10.0. The second-order valence-electron chi connectivity index (χ2n) is 5.17. The van der Waals surface area contributed by atoms with Crippen LogP contribution in [0.15, 0.2) is 22.7 Å². The predicted molar refractivity (Wildman–Crippen MR) is 76.6 cm³/mol. The van der Waals surface area contributed by atoms with Gasteiger partial charge >= 0.3 is 0 Å². The first kappa shape index (κ1) is 14.9. The van der Waals surface area contributed by atoms with Crippen LogP contribution in [0.1, 0.15) is 37.7 Å². The van der Waals surface area contributed by atoms with Crippen molar-refractivity contribution in [3.63, 3.8) is 0 Å². The molecule has 0 saturated carbocycles. The van der Waals surface area contributed by atoms with Crippen LogP contribution < -0.4 is 0 Å². The van der Waals surface area contributed by atoms with Crippen molar-refractivity contribution in [1.82, 2.24) is 0 Å². The Morgan fingerprint density at radius 1 is 1.42 bits per heavy atom. The smallest absolute Gasteiger partial charge is 0.137 e. The Kier molecular flexibility index (Phi) is 5.79. The van der Waals surface area contributed by atoms with E-state index in [1.165, 1.54) is 12.5 Å². The van der Waals surface area contributed by atoms with Gasteiger partial charge in [0.15, 0.2) is 0 Å². The highest BCUT2D eigenvalue weighted by Crippen LogP contribution is 2.21. The van der Waals surface area contributed by atoms with E-state index >= 15 is 0 Å². The highest BCUT2D eigenvalue weighted by Gasteiger charge is 2.16. The molecule has 0 spiro atoms. The van der Waals surface area contributed by atoms with Crippen LogP contribution in [0, 0.1) is 5.82 Å². The fourth-order valence-electron chi connectivity index (χ4n) is 2.45. The number of halogens is 2. The summed E-state index contributed by atoms with van der Waals surface area (Å²) in [5.41, 5.74) is 0.949. The summed E-state index contributed by atoms with van der Waals surface area (Å²) >= 11 is 3.16. The Labute approximate surface area is 122 Å². The van der Waals surface area contributed by atoms with Crippen LogP contribution in [0.3, 0.4) is 0 Å². The molecule has 1 N–H and O–H groups in total. The first-order valence-electron chi connectivity index (χ1n) is 6.89. The molecular weight excluding hydrogens is 311 g/mol. The molecule has 1 aliphatic heterocycles. The standard InChI is InChI=1S/C15H20BrFO2/c16-14-10-11(4-7-15(14)17)9-12(18)5-6-13-3-1-2-8-19-13/h4,7,10,12-13,18H,1-3,5-6,8-9H2. The topological polar surface area (TPSA) is 29.5 Å². The van der Waals surface area contributed by atoms with Crippen LogP contribution in [-0.2, 0) is 11.2 Å². The zero-order valence-corrected chi connectivity index (χ0v) is 12.5. The van der Waals surface area contributed by atoms with Gasteiger partial charge in [-0.25, -0.2) is 4.39 Å². The number of aliphatic hydroxyl groups excluding tert-OH is 1. The van der Waals surface area contributed by atoms with Crippen molar-refractivity contribution < 1.29 is 14.2 Å². The molecular formula is C15H20BrFO2. The van der Waals surface area contributed by atoms with Gasteiger partial charge in [-0.15, -0.1) is 0 Å². The fourth-order valence-corrected chi connectivity index (χ4v) is 2.88. The van der Waals surface area contributed by atoms with Crippen molar-refractivity contribution in [3.8, 4) is 0 Å². The molecule has 0 bridgehead atoms. The lowest BCUT2D eigenvalue weighted by molar-refractivity contribution is 0.00234. The van der Waals surface area contributed by atoms with E-state index in [0.29, 0.717) is 17.0 Å². The Morgan fingerprint density at radius 2 is 2.26 bits per heavy atom. The summed E-state index contributed by atoms with van der Waals surface area (Å²) in [6, 6.07) is 4.88. The largest absolute Gasteiger partial charge is 0.393 e. The maximum absolute atomic E-state index is 13.1. The van der Waals surface area contributed by atoms with Crippen molar-refractivity contribution >= 4 is 15.9 Å². The molecule has 0 aromatic heterocycles. The molecule has 2 atom stereocenters. The lowest BCUT2D eigenvalue weighted by Crippen LogP contribution is -2.21. The van der Waals surface area contributed by atoms with E-state index in [1.54, 1.807) is 12.1 Å². The van der Waals surface area contributed by atoms with Gasteiger partial charge in [-0.1, -0.05) is 6.07 Å². The fraction of sp³-hybridized carbons (Fsp3) is 0.600. The molecule has 0 aliphatic carbocycles. The maximum atomic E-state index is 13.1. The van der Waals surface area contributed by atoms with Crippen LogP contribution >= 0.6 is 15.9 Å². The normalized spacial score (nSPS) is 21.3. The van der Waals surface area contributed by atoms with Crippen LogP contribution in [0.2, 0.25) is 0 Å². The van der Waals surface area contributed by atoms with E-state index in [1.807, 2.05) is 0 Å². The molecule has 1 fully saturated rings. The highest BCUT2D eigenvalue weighted by molar-refractivity contribution is 9.10. The minimum Gasteiger partial charge on any atom is -0.393 e. The third-order valence-electron chi connectivity index (χ3n) is 3.55. The molecule has 0 radical (unpaired) electrons. The molecule has 2 unspecified atom stereocenters. The molecule has 106 valence electrons. The third kappa shape index (κ3) is 4.86. The summed E-state index contributed by atoms with van der Waals surface area (Å²) < 4.78 is 19.2. The number of benzene rings is 1. The van der Waals surface area contributed by atoms with Crippen molar-refractivity contribution in [2.75, 3.05) is 6.61 Å². The summed E-state index contributed by atoms with van der Waals surface area (Å²) in [6.45, 7) is 0.853. The molecule has 2 nitrogen and oxygen atoms in total. The minimum atomic E-state index is -0.386. The van der Waals surface area contributed by atoms with E-state index in [-0.39, 0.29) is 11.9 Å². The molecule has 1 aromatic carbocycles. The lowest BCUT2D eigenvalue weighted by atomic mass is 9.99. The van der Waals surface area contributed by atoms with Crippen molar-refractivity contribution in [1.29, 1.82) is 0 Å². The van der Waals surface area contributed by atoms with Crippen LogP contribution in [0.5, 0.6) is 0 Å². The van der Waals surface area contributed by atoms with Gasteiger partial charge in [0, 0.05) is 6.61 Å². The average molecular weight is 331 g/mol. The summed E-state index contributed by atoms with van der Waals surface area (Å²) in [5.74, 6) is -0.270. The first-order valence-corrected chi connectivity index (χ1v) is 7.68. The van der Waals surface area contributed by atoms with Crippen molar-refractivity contribution in [2.24, 2.45) is 0 Å². The Morgan fingerprint density at radius 3 is 2.95 bits per heavy atom. The van der Waals surface area contributed by atoms with Gasteiger partial charge in [0.2, 0.25) is 0 Å². The number of hydrogen-bond donors (Lipinski definition) is 1. The number of ether oxygens (including phenoxy) is 1. The van der Waals surface area contributed by atoms with Gasteiger partial charge in [-0.2, -0.15) is 0 Å². The molecule has 19 heavy (non-hydrogen) atoms. The van der Waals surface area contributed by atoms with Crippen LogP contribution in [-0.4, -0.2) is 23.9 Å². The number of hydrogen-bond acceptors (Lipinski definition) is 2. The second kappa shape index (κ2) is 7.36. The first-order chi connectivity index (χ1) is 9.15. The number of rotatable bonds is 5. The van der Waals surface area contributed by atoms with Crippen molar-refractivity contribution in [2.45, 2.75) is 50.7 Å². The Balaban J connectivity index is 1.76. The highest BCUT2D eigenvalue weighted by atomic mass is 79.9. The molecule has 4 heteroatoms. The van der Waals surface area contributed by atoms with E-state index < -0.39 is 0 Å². The lowest BCUT2D eigenvalue weighted by Gasteiger charge is -2.23. The summed E-state index contributed by atoms with van der Waals surface area (Å²) in [7, 11) is 0. The maximum Gasteiger partial charge on any atom is 0.137 e. The van der Waals surface area contributed by atoms with Gasteiger partial charge in [0.1, 0.15) is 5.82 Å². The van der Waals surface area contributed by atoms with Crippen LogP contribution in [0.25, 0.3) is 0 Å². The van der Waals surface area contributed by atoms with E-state index in [2.05, 4.69) is 15.9 Å². The Hall–Kier alpha value is -0.450. The van der Waals surface area contributed by atoms with E-state index in [9.17, 15) is 9.50 Å². The van der Waals surface area contributed by atoms with Crippen molar-refractivity contribution in [3.05, 3.63) is 34.1 Å². The third-order valence-corrected chi connectivity index (χ3v) is 4.16.